The van der Waals surface area contributed by atoms with Crippen LogP contribution in [0.4, 0.5) is 37.8 Å². The summed E-state index contributed by atoms with van der Waals surface area (Å²) in [4.78, 5) is 7.98. The predicted octanol–water partition coefficient (Wildman–Crippen LogP) is 9.60. The van der Waals surface area contributed by atoms with Crippen LogP contribution in [0.5, 0.6) is 11.5 Å². The number of methoxy groups -OCH3 is 2. The number of pyridine rings is 1. The standard InChI is InChI=1S/C40H36F6N4O3/c1-36(2)40(45,46)37(3,31-24-28(18-23-32(31)41)47-34-13-9-12-33(48-34)39(42,43)44)53-35(49-36)50-38(25-10-7-6-8-11-25,26-14-19-29(51-4)20-15-26)27-16-21-30(52-5)22-17-27/h6-24H,1-5H3,(H,47,48)(H,49,50)/t37-/m1/s1. The molecule has 0 unspecified atom stereocenters. The molecule has 1 atom stereocenters. The number of halogens is 6. The van der Waals surface area contributed by atoms with Gasteiger partial charge in [0.1, 0.15) is 39.9 Å². The van der Waals surface area contributed by atoms with Gasteiger partial charge in [0, 0.05) is 11.3 Å². The van der Waals surface area contributed by atoms with E-state index in [1.54, 1.807) is 24.3 Å². The maximum atomic E-state index is 16.8. The van der Waals surface area contributed by atoms with Crippen LogP contribution in [0.1, 0.15) is 48.7 Å². The van der Waals surface area contributed by atoms with Crippen molar-refractivity contribution < 1.29 is 40.6 Å². The van der Waals surface area contributed by atoms with Crippen LogP contribution in [0.25, 0.3) is 0 Å². The number of aliphatic imine (C=N–C) groups is 1. The number of benzene rings is 4. The molecule has 4 aromatic carbocycles. The van der Waals surface area contributed by atoms with E-state index in [4.69, 9.17) is 14.2 Å². The topological polar surface area (TPSA) is 77.0 Å². The predicted molar refractivity (Wildman–Crippen MR) is 189 cm³/mol. The molecule has 13 heteroatoms. The first-order valence-electron chi connectivity index (χ1n) is 16.4. The Hall–Kier alpha value is -5.72. The van der Waals surface area contributed by atoms with Crippen LogP contribution >= 0.6 is 0 Å². The lowest BCUT2D eigenvalue weighted by Crippen LogP contribution is -2.64. The summed E-state index contributed by atoms with van der Waals surface area (Å²) < 4.78 is 106. The highest BCUT2D eigenvalue weighted by molar-refractivity contribution is 5.79. The number of hydrogen-bond donors (Lipinski definition) is 2. The summed E-state index contributed by atoms with van der Waals surface area (Å²) in [5, 5.41) is 6.04. The van der Waals surface area contributed by atoms with Crippen molar-refractivity contribution in [3.05, 3.63) is 149 Å². The molecule has 2 N–H and O–H groups in total. The Labute approximate surface area is 302 Å². The van der Waals surface area contributed by atoms with Crippen LogP contribution in [0.2, 0.25) is 0 Å². The van der Waals surface area contributed by atoms with Gasteiger partial charge in [0.15, 0.2) is 0 Å². The third kappa shape index (κ3) is 6.71. The number of anilines is 2. The van der Waals surface area contributed by atoms with E-state index < -0.39 is 45.9 Å². The van der Waals surface area contributed by atoms with Gasteiger partial charge in [-0.25, -0.2) is 14.4 Å². The Balaban J connectivity index is 1.50. The second-order valence-electron chi connectivity index (χ2n) is 13.1. The number of rotatable bonds is 9. The average molecular weight is 735 g/mol. The van der Waals surface area contributed by atoms with Gasteiger partial charge in [0.25, 0.3) is 6.02 Å². The Morgan fingerprint density at radius 3 is 1.81 bits per heavy atom. The van der Waals surface area contributed by atoms with Crippen molar-refractivity contribution in [2.45, 2.75) is 49.5 Å². The third-order valence-electron chi connectivity index (χ3n) is 9.39. The molecule has 0 fully saturated rings. The molecule has 5 aromatic rings. The van der Waals surface area contributed by atoms with Crippen LogP contribution < -0.4 is 20.1 Å². The summed E-state index contributed by atoms with van der Waals surface area (Å²) in [5.74, 6) is -3.95. The zero-order valence-corrected chi connectivity index (χ0v) is 29.4. The van der Waals surface area contributed by atoms with E-state index in [9.17, 15) is 13.2 Å². The Morgan fingerprint density at radius 2 is 1.26 bits per heavy atom. The van der Waals surface area contributed by atoms with Gasteiger partial charge in [0.05, 0.1) is 14.2 Å². The monoisotopic (exact) mass is 734 g/mol. The van der Waals surface area contributed by atoms with Gasteiger partial charge in [-0.3, -0.25) is 0 Å². The molecule has 1 aromatic heterocycles. The number of nitrogens with one attached hydrogen (secondary N) is 2. The average Bonchev–Trinajstić information content (AvgIpc) is 3.14. The van der Waals surface area contributed by atoms with E-state index in [2.05, 4.69) is 20.6 Å². The van der Waals surface area contributed by atoms with Crippen LogP contribution in [-0.2, 0) is 22.1 Å². The van der Waals surface area contributed by atoms with Crippen LogP contribution in [0.15, 0.2) is 120 Å². The zero-order valence-electron chi connectivity index (χ0n) is 29.4. The molecule has 0 amide bonds. The fourth-order valence-electron chi connectivity index (χ4n) is 6.49. The van der Waals surface area contributed by atoms with E-state index in [1.807, 2.05) is 54.6 Å². The van der Waals surface area contributed by atoms with E-state index >= 15 is 13.2 Å². The molecule has 1 aliphatic rings. The molecule has 0 radical (unpaired) electrons. The van der Waals surface area contributed by atoms with Gasteiger partial charge >= 0.3 is 12.1 Å². The number of aromatic nitrogens is 1. The van der Waals surface area contributed by atoms with Gasteiger partial charge in [0.2, 0.25) is 5.60 Å². The minimum atomic E-state index is -4.72. The lowest BCUT2D eigenvalue weighted by atomic mass is 9.76. The van der Waals surface area contributed by atoms with Crippen molar-refractivity contribution in [2.75, 3.05) is 19.5 Å². The Morgan fingerprint density at radius 1 is 0.698 bits per heavy atom. The van der Waals surface area contributed by atoms with E-state index in [0.29, 0.717) is 28.2 Å². The summed E-state index contributed by atoms with van der Waals surface area (Å²) in [6, 6.07) is 29.6. The molecule has 276 valence electrons. The van der Waals surface area contributed by atoms with E-state index in [1.165, 1.54) is 40.2 Å². The number of amidine groups is 1. The van der Waals surface area contributed by atoms with E-state index in [0.717, 1.165) is 31.2 Å². The first-order valence-corrected chi connectivity index (χ1v) is 16.4. The number of hydrogen-bond acceptors (Lipinski definition) is 7. The first-order chi connectivity index (χ1) is 25.0. The summed E-state index contributed by atoms with van der Waals surface area (Å²) in [6.07, 6.45) is -4.72. The largest absolute Gasteiger partial charge is 0.497 e. The SMILES string of the molecule is COc1ccc(C(NC2=NC(C)(C)C(F)(F)[C@@](C)(c3cc(Nc4cccc(C(F)(F)F)n4)ccc3F)O2)(c2ccccc2)c2ccc(OC)cc2)cc1. The van der Waals surface area contributed by atoms with Gasteiger partial charge in [-0.05, 0) is 92.1 Å². The fourth-order valence-corrected chi connectivity index (χ4v) is 6.49. The first kappa shape index (κ1) is 37.1. The molecule has 0 saturated heterocycles. The summed E-state index contributed by atoms with van der Waals surface area (Å²) in [7, 11) is 3.07. The van der Waals surface area contributed by atoms with Crippen molar-refractivity contribution in [3.63, 3.8) is 0 Å². The molecule has 2 heterocycles. The highest BCUT2D eigenvalue weighted by atomic mass is 19.4. The van der Waals surface area contributed by atoms with Crippen molar-refractivity contribution >= 4 is 17.5 Å². The molecular formula is C40H36F6N4O3. The normalized spacial score (nSPS) is 18.0. The molecule has 0 bridgehead atoms. The van der Waals surface area contributed by atoms with Gasteiger partial charge < -0.3 is 24.8 Å². The molecule has 53 heavy (non-hydrogen) atoms. The number of nitrogens with zero attached hydrogens (tertiary/aromatic N) is 2. The molecule has 0 aliphatic carbocycles. The molecular weight excluding hydrogens is 698 g/mol. The Kier molecular flexibility index (Phi) is 9.56. The minimum absolute atomic E-state index is 0.00113. The Bertz CT molecular complexity index is 2060. The van der Waals surface area contributed by atoms with Crippen LogP contribution in [-0.4, -0.2) is 36.7 Å². The minimum Gasteiger partial charge on any atom is -0.497 e. The lowest BCUT2D eigenvalue weighted by Gasteiger charge is -2.49. The van der Waals surface area contributed by atoms with Crippen molar-refractivity contribution in [3.8, 4) is 11.5 Å². The quantitative estimate of drug-likeness (QED) is 0.116. The number of ether oxygens (including phenoxy) is 3. The molecule has 0 saturated carbocycles. The van der Waals surface area contributed by atoms with Crippen molar-refractivity contribution in [2.24, 2.45) is 4.99 Å². The maximum absolute atomic E-state index is 16.8. The van der Waals surface area contributed by atoms with Gasteiger partial charge in [-0.15, -0.1) is 0 Å². The lowest BCUT2D eigenvalue weighted by molar-refractivity contribution is -0.217. The third-order valence-corrected chi connectivity index (χ3v) is 9.39. The molecule has 7 nitrogen and oxygen atoms in total. The second-order valence-corrected chi connectivity index (χ2v) is 13.1. The second kappa shape index (κ2) is 13.7. The molecule has 0 spiro atoms. The van der Waals surface area contributed by atoms with Gasteiger partial charge in [-0.2, -0.15) is 22.0 Å². The highest BCUT2D eigenvalue weighted by Gasteiger charge is 2.67. The van der Waals surface area contributed by atoms with Gasteiger partial charge in [-0.1, -0.05) is 60.7 Å². The highest BCUT2D eigenvalue weighted by Crippen LogP contribution is 2.53. The smallest absolute Gasteiger partial charge is 0.433 e. The van der Waals surface area contributed by atoms with Crippen molar-refractivity contribution in [1.82, 2.24) is 10.3 Å². The number of alkyl halides is 5. The summed E-state index contributed by atoms with van der Waals surface area (Å²) >= 11 is 0. The molecule has 1 aliphatic heterocycles. The zero-order chi connectivity index (χ0) is 38.2. The van der Waals surface area contributed by atoms with E-state index in [-0.39, 0.29) is 17.5 Å². The van der Waals surface area contributed by atoms with Crippen LogP contribution in [0, 0.1) is 5.82 Å². The summed E-state index contributed by atoms with van der Waals surface area (Å²) in [6.45, 7) is 3.49. The fraction of sp³-hybridized carbons (Fsp3) is 0.250. The van der Waals surface area contributed by atoms with Crippen molar-refractivity contribution in [1.29, 1.82) is 0 Å². The summed E-state index contributed by atoms with van der Waals surface area (Å²) in [5.41, 5.74) is -5.95. The molecule has 6 rings (SSSR count). The van der Waals surface area contributed by atoms with Crippen LogP contribution in [0.3, 0.4) is 0 Å². The maximum Gasteiger partial charge on any atom is 0.433 e.